The van der Waals surface area contributed by atoms with E-state index in [1.165, 1.54) is 0 Å². The zero-order chi connectivity index (χ0) is 19.9. The summed E-state index contributed by atoms with van der Waals surface area (Å²) in [6.45, 7) is 1.87. The van der Waals surface area contributed by atoms with Gasteiger partial charge in [0.1, 0.15) is 12.4 Å². The normalized spacial score (nSPS) is 15.9. The Morgan fingerprint density at radius 2 is 2.10 bits per heavy atom. The van der Waals surface area contributed by atoms with E-state index in [4.69, 9.17) is 9.47 Å². The summed E-state index contributed by atoms with van der Waals surface area (Å²) < 4.78 is 13.2. The number of carbonyl (C=O) groups is 1. The van der Waals surface area contributed by atoms with Crippen LogP contribution < -0.4 is 10.1 Å². The fourth-order valence-electron chi connectivity index (χ4n) is 3.33. The molecule has 6 heteroatoms. The molecule has 1 aliphatic rings. The number of benzene rings is 2. The first-order valence-electron chi connectivity index (χ1n) is 9.99. The lowest BCUT2D eigenvalue weighted by molar-refractivity contribution is 0.0679. The summed E-state index contributed by atoms with van der Waals surface area (Å²) in [6, 6.07) is 17.2. The van der Waals surface area contributed by atoms with Crippen LogP contribution >= 0.6 is 0 Å². The van der Waals surface area contributed by atoms with Gasteiger partial charge in [0.05, 0.1) is 18.0 Å². The molecule has 6 nitrogen and oxygen atoms in total. The minimum Gasteiger partial charge on any atom is -0.491 e. The van der Waals surface area contributed by atoms with Crippen molar-refractivity contribution in [1.29, 1.82) is 0 Å². The third kappa shape index (κ3) is 5.23. The molecule has 1 atom stereocenters. The molecule has 4 rings (SSSR count). The van der Waals surface area contributed by atoms with Crippen LogP contribution in [0.15, 0.2) is 67.0 Å². The van der Waals surface area contributed by atoms with Crippen molar-refractivity contribution in [1.82, 2.24) is 15.1 Å². The molecule has 1 N–H and O–H groups in total. The van der Waals surface area contributed by atoms with Crippen LogP contribution in [0.4, 0.5) is 0 Å². The van der Waals surface area contributed by atoms with Crippen LogP contribution in [0.2, 0.25) is 0 Å². The molecule has 0 radical (unpaired) electrons. The Hall–Kier alpha value is -3.12. The number of para-hydroxylation sites is 1. The van der Waals surface area contributed by atoms with Crippen molar-refractivity contribution in [2.75, 3.05) is 19.8 Å². The standard InChI is InChI=1S/C23H25N3O3/c27-23(19-6-4-9-21(14-19)29-17-22-10-5-13-28-22)24-12-11-18-15-25-26(16-18)20-7-2-1-3-8-20/h1-4,6-9,14-16,22H,5,10-13,17H2,(H,24,27). The smallest absolute Gasteiger partial charge is 0.251 e. The van der Waals surface area contributed by atoms with Gasteiger partial charge in [0, 0.05) is 24.9 Å². The minimum atomic E-state index is -0.108. The van der Waals surface area contributed by atoms with Gasteiger partial charge in [-0.2, -0.15) is 5.10 Å². The van der Waals surface area contributed by atoms with Gasteiger partial charge in [-0.15, -0.1) is 0 Å². The van der Waals surface area contributed by atoms with Crippen molar-refractivity contribution in [3.05, 3.63) is 78.1 Å². The number of rotatable bonds is 8. The van der Waals surface area contributed by atoms with E-state index in [2.05, 4.69) is 10.4 Å². The minimum absolute atomic E-state index is 0.108. The Labute approximate surface area is 170 Å². The van der Waals surface area contributed by atoms with Gasteiger partial charge in [-0.1, -0.05) is 24.3 Å². The van der Waals surface area contributed by atoms with E-state index in [9.17, 15) is 4.79 Å². The molecule has 3 aromatic rings. The Morgan fingerprint density at radius 3 is 2.93 bits per heavy atom. The number of nitrogens with one attached hydrogen (secondary N) is 1. The summed E-state index contributed by atoms with van der Waals surface area (Å²) in [5, 5.41) is 7.35. The lowest BCUT2D eigenvalue weighted by atomic mass is 10.2. The third-order valence-corrected chi connectivity index (χ3v) is 4.91. The van der Waals surface area contributed by atoms with E-state index in [1.807, 2.05) is 59.5 Å². The fraction of sp³-hybridized carbons (Fsp3) is 0.304. The number of amides is 1. The monoisotopic (exact) mass is 391 g/mol. The van der Waals surface area contributed by atoms with E-state index in [1.54, 1.807) is 12.1 Å². The van der Waals surface area contributed by atoms with E-state index in [0.29, 0.717) is 30.9 Å². The van der Waals surface area contributed by atoms with Crippen molar-refractivity contribution in [2.45, 2.75) is 25.4 Å². The first kappa shape index (κ1) is 19.2. The molecule has 2 heterocycles. The molecule has 1 saturated heterocycles. The van der Waals surface area contributed by atoms with Gasteiger partial charge in [0.25, 0.3) is 5.91 Å². The predicted octanol–water partition coefficient (Wildman–Crippen LogP) is 3.40. The maximum absolute atomic E-state index is 12.5. The second-order valence-corrected chi connectivity index (χ2v) is 7.11. The predicted molar refractivity (Wildman–Crippen MR) is 111 cm³/mol. The van der Waals surface area contributed by atoms with Gasteiger partial charge in [-0.3, -0.25) is 4.79 Å². The van der Waals surface area contributed by atoms with Crippen molar-refractivity contribution in [3.8, 4) is 11.4 Å². The summed E-state index contributed by atoms with van der Waals surface area (Å²) >= 11 is 0. The Bertz CT molecular complexity index is 933. The molecule has 0 saturated carbocycles. The van der Waals surface area contributed by atoms with Gasteiger partial charge in [0.2, 0.25) is 0 Å². The molecule has 2 aromatic carbocycles. The highest BCUT2D eigenvalue weighted by molar-refractivity contribution is 5.94. The van der Waals surface area contributed by atoms with Gasteiger partial charge in [-0.25, -0.2) is 4.68 Å². The Morgan fingerprint density at radius 1 is 1.21 bits per heavy atom. The summed E-state index contributed by atoms with van der Waals surface area (Å²) in [5.74, 6) is 0.584. The highest BCUT2D eigenvalue weighted by Crippen LogP contribution is 2.17. The number of aromatic nitrogens is 2. The fourth-order valence-corrected chi connectivity index (χ4v) is 3.33. The average molecular weight is 391 g/mol. The number of ether oxygens (including phenoxy) is 2. The molecule has 0 bridgehead atoms. The van der Waals surface area contributed by atoms with Gasteiger partial charge in [-0.05, 0) is 55.2 Å². The van der Waals surface area contributed by atoms with Crippen LogP contribution in [0, 0.1) is 0 Å². The molecule has 0 spiro atoms. The van der Waals surface area contributed by atoms with Gasteiger partial charge in [0.15, 0.2) is 0 Å². The quantitative estimate of drug-likeness (QED) is 0.639. The highest BCUT2D eigenvalue weighted by Gasteiger charge is 2.16. The van der Waals surface area contributed by atoms with E-state index in [0.717, 1.165) is 30.7 Å². The number of carbonyl (C=O) groups excluding carboxylic acids is 1. The van der Waals surface area contributed by atoms with Crippen LogP contribution in [0.5, 0.6) is 5.75 Å². The molecule has 0 aliphatic carbocycles. The van der Waals surface area contributed by atoms with Gasteiger partial charge < -0.3 is 14.8 Å². The molecule has 1 fully saturated rings. The van der Waals surface area contributed by atoms with Crippen LogP contribution in [-0.4, -0.2) is 41.6 Å². The topological polar surface area (TPSA) is 65.4 Å². The van der Waals surface area contributed by atoms with E-state index < -0.39 is 0 Å². The Kier molecular flexibility index (Phi) is 6.22. The summed E-state index contributed by atoms with van der Waals surface area (Å²) in [7, 11) is 0. The second-order valence-electron chi connectivity index (χ2n) is 7.11. The third-order valence-electron chi connectivity index (χ3n) is 4.91. The summed E-state index contributed by atoms with van der Waals surface area (Å²) in [4.78, 5) is 12.5. The van der Waals surface area contributed by atoms with Crippen LogP contribution in [-0.2, 0) is 11.2 Å². The van der Waals surface area contributed by atoms with E-state index >= 15 is 0 Å². The molecule has 1 unspecified atom stereocenters. The van der Waals surface area contributed by atoms with E-state index in [-0.39, 0.29) is 12.0 Å². The lowest BCUT2D eigenvalue weighted by Gasteiger charge is -2.12. The van der Waals surface area contributed by atoms with Crippen molar-refractivity contribution < 1.29 is 14.3 Å². The first-order chi connectivity index (χ1) is 14.3. The van der Waals surface area contributed by atoms with Crippen molar-refractivity contribution >= 4 is 5.91 Å². The second kappa shape index (κ2) is 9.39. The molecule has 150 valence electrons. The molecule has 1 amide bonds. The van der Waals surface area contributed by atoms with Crippen molar-refractivity contribution in [3.63, 3.8) is 0 Å². The lowest BCUT2D eigenvalue weighted by Crippen LogP contribution is -2.25. The number of nitrogens with zero attached hydrogens (tertiary/aromatic N) is 2. The average Bonchev–Trinajstić information content (AvgIpc) is 3.45. The zero-order valence-corrected chi connectivity index (χ0v) is 16.3. The molecular formula is C23H25N3O3. The molecule has 1 aliphatic heterocycles. The highest BCUT2D eigenvalue weighted by atomic mass is 16.5. The van der Waals surface area contributed by atoms with Crippen LogP contribution in [0.3, 0.4) is 0 Å². The molecule has 29 heavy (non-hydrogen) atoms. The van der Waals surface area contributed by atoms with Crippen molar-refractivity contribution in [2.24, 2.45) is 0 Å². The SMILES string of the molecule is O=C(NCCc1cnn(-c2ccccc2)c1)c1cccc(OCC2CCCO2)c1. The molecular weight excluding hydrogens is 366 g/mol. The van der Waals surface area contributed by atoms with Crippen LogP contribution in [0.25, 0.3) is 5.69 Å². The Balaban J connectivity index is 1.26. The van der Waals surface area contributed by atoms with Crippen LogP contribution in [0.1, 0.15) is 28.8 Å². The summed E-state index contributed by atoms with van der Waals surface area (Å²) in [5.41, 5.74) is 2.68. The summed E-state index contributed by atoms with van der Waals surface area (Å²) in [6.07, 6.45) is 6.80. The largest absolute Gasteiger partial charge is 0.491 e. The maximum Gasteiger partial charge on any atom is 0.251 e. The maximum atomic E-state index is 12.5. The molecule has 1 aromatic heterocycles. The number of hydrogen-bond acceptors (Lipinski definition) is 4. The first-order valence-corrected chi connectivity index (χ1v) is 9.99. The number of hydrogen-bond donors (Lipinski definition) is 1. The van der Waals surface area contributed by atoms with Gasteiger partial charge >= 0.3 is 0 Å². The zero-order valence-electron chi connectivity index (χ0n) is 16.3.